The van der Waals surface area contributed by atoms with E-state index in [9.17, 15) is 14.9 Å². The van der Waals surface area contributed by atoms with Gasteiger partial charge in [0.15, 0.2) is 0 Å². The summed E-state index contributed by atoms with van der Waals surface area (Å²) in [4.78, 5) is 24.6. The lowest BCUT2D eigenvalue weighted by molar-refractivity contribution is -0.112. The Labute approximate surface area is 194 Å². The number of carbonyl (C=O) groups is 2. The Kier molecular flexibility index (Phi) is 7.14. The van der Waals surface area contributed by atoms with Gasteiger partial charge in [0.2, 0.25) is 0 Å². The highest BCUT2D eigenvalue weighted by Gasteiger charge is 2.15. The fourth-order valence-corrected chi connectivity index (χ4v) is 3.61. The third kappa shape index (κ3) is 5.21. The number of hydrogen-bond donors (Lipinski definition) is 1. The van der Waals surface area contributed by atoms with Crippen molar-refractivity contribution >= 4 is 23.6 Å². The highest BCUT2D eigenvalue weighted by molar-refractivity contribution is 6.09. The van der Waals surface area contributed by atoms with Crippen LogP contribution >= 0.6 is 0 Å². The molecular formula is C27H27N3O3. The molecule has 1 amide bonds. The van der Waals surface area contributed by atoms with Crippen LogP contribution < -0.4 is 5.32 Å². The Morgan fingerprint density at radius 1 is 1.03 bits per heavy atom. The molecule has 1 N–H and O–H groups in total. The molecular weight excluding hydrogens is 414 g/mol. The first-order valence-electron chi connectivity index (χ1n) is 10.7. The molecule has 0 saturated carbocycles. The molecule has 6 heteroatoms. The highest BCUT2D eigenvalue weighted by Crippen LogP contribution is 2.24. The van der Waals surface area contributed by atoms with Gasteiger partial charge in [0.05, 0.1) is 12.2 Å². The SMILES string of the molecule is CCOC(=O)c1ccc(-n2c(C)cc(/C=C(/C#N)C(=O)Nc3ccc(C)c(C)c3)c2C)cc1. The van der Waals surface area contributed by atoms with Crippen LogP contribution in [0.5, 0.6) is 0 Å². The quantitative estimate of drug-likeness (QED) is 0.314. The number of rotatable bonds is 6. The number of anilines is 1. The maximum Gasteiger partial charge on any atom is 0.338 e. The average molecular weight is 442 g/mol. The number of ether oxygens (including phenoxy) is 1. The minimum absolute atomic E-state index is 0.0196. The van der Waals surface area contributed by atoms with E-state index in [1.807, 2.05) is 74.7 Å². The molecule has 3 aromatic rings. The molecule has 33 heavy (non-hydrogen) atoms. The Morgan fingerprint density at radius 2 is 1.73 bits per heavy atom. The van der Waals surface area contributed by atoms with Crippen LogP contribution in [0.25, 0.3) is 11.8 Å². The number of amides is 1. The summed E-state index contributed by atoms with van der Waals surface area (Å²) in [7, 11) is 0. The number of aryl methyl sites for hydroxylation is 3. The molecule has 0 radical (unpaired) electrons. The first-order chi connectivity index (χ1) is 15.7. The van der Waals surface area contributed by atoms with E-state index < -0.39 is 5.91 Å². The molecule has 1 heterocycles. The second-order valence-corrected chi connectivity index (χ2v) is 7.85. The molecule has 0 fully saturated rings. The fraction of sp³-hybridized carbons (Fsp3) is 0.222. The molecule has 0 unspecified atom stereocenters. The Hall–Kier alpha value is -4.11. The number of nitrogens with one attached hydrogen (secondary N) is 1. The highest BCUT2D eigenvalue weighted by atomic mass is 16.5. The Morgan fingerprint density at radius 3 is 2.33 bits per heavy atom. The van der Waals surface area contributed by atoms with Crippen molar-refractivity contribution in [1.29, 1.82) is 5.26 Å². The van der Waals surface area contributed by atoms with Crippen LogP contribution in [0.15, 0.2) is 54.1 Å². The van der Waals surface area contributed by atoms with E-state index >= 15 is 0 Å². The van der Waals surface area contributed by atoms with Crippen LogP contribution in [0, 0.1) is 39.0 Å². The average Bonchev–Trinajstić information content (AvgIpc) is 3.07. The summed E-state index contributed by atoms with van der Waals surface area (Å²) < 4.78 is 7.05. The van der Waals surface area contributed by atoms with Gasteiger partial charge >= 0.3 is 5.97 Å². The zero-order valence-corrected chi connectivity index (χ0v) is 19.5. The van der Waals surface area contributed by atoms with E-state index in [1.54, 1.807) is 25.1 Å². The van der Waals surface area contributed by atoms with E-state index in [0.29, 0.717) is 17.9 Å². The number of nitrogens with zero attached hydrogens (tertiary/aromatic N) is 2. The van der Waals surface area contributed by atoms with Crippen LogP contribution in [0.3, 0.4) is 0 Å². The van der Waals surface area contributed by atoms with Crippen LogP contribution in [0.1, 0.15) is 45.4 Å². The molecule has 0 spiro atoms. The number of esters is 1. The molecule has 6 nitrogen and oxygen atoms in total. The van der Waals surface area contributed by atoms with Crippen molar-refractivity contribution in [2.75, 3.05) is 11.9 Å². The molecule has 0 bridgehead atoms. The van der Waals surface area contributed by atoms with Gasteiger partial charge in [-0.25, -0.2) is 4.79 Å². The third-order valence-electron chi connectivity index (χ3n) is 5.54. The molecule has 3 rings (SSSR count). The fourth-order valence-electron chi connectivity index (χ4n) is 3.61. The normalized spacial score (nSPS) is 11.1. The van der Waals surface area contributed by atoms with E-state index in [-0.39, 0.29) is 11.5 Å². The molecule has 2 aromatic carbocycles. The lowest BCUT2D eigenvalue weighted by atomic mass is 10.1. The van der Waals surface area contributed by atoms with Crippen molar-refractivity contribution in [2.24, 2.45) is 0 Å². The van der Waals surface area contributed by atoms with Gasteiger partial charge in [-0.1, -0.05) is 6.07 Å². The zero-order chi connectivity index (χ0) is 24.1. The molecule has 0 aliphatic heterocycles. The number of aromatic nitrogens is 1. The summed E-state index contributed by atoms with van der Waals surface area (Å²) in [6.07, 6.45) is 1.60. The molecule has 0 aliphatic carbocycles. The molecule has 0 atom stereocenters. The number of hydrogen-bond acceptors (Lipinski definition) is 4. The van der Waals surface area contributed by atoms with Crippen molar-refractivity contribution in [1.82, 2.24) is 4.57 Å². The van der Waals surface area contributed by atoms with Crippen molar-refractivity contribution in [3.8, 4) is 11.8 Å². The summed E-state index contributed by atoms with van der Waals surface area (Å²) >= 11 is 0. The van der Waals surface area contributed by atoms with Gasteiger partial charge in [-0.3, -0.25) is 4.79 Å². The summed E-state index contributed by atoms with van der Waals surface area (Å²) in [5, 5.41) is 12.4. The van der Waals surface area contributed by atoms with Gasteiger partial charge < -0.3 is 14.6 Å². The monoisotopic (exact) mass is 441 g/mol. The lowest BCUT2D eigenvalue weighted by Gasteiger charge is -2.11. The number of nitriles is 1. The van der Waals surface area contributed by atoms with E-state index in [0.717, 1.165) is 33.8 Å². The van der Waals surface area contributed by atoms with Crippen LogP contribution in [0.4, 0.5) is 5.69 Å². The smallest absolute Gasteiger partial charge is 0.338 e. The number of benzene rings is 2. The molecule has 0 aliphatic rings. The second kappa shape index (κ2) is 10.0. The van der Waals surface area contributed by atoms with E-state index in [2.05, 4.69) is 5.32 Å². The van der Waals surface area contributed by atoms with Gasteiger partial charge in [0, 0.05) is 22.8 Å². The Balaban J connectivity index is 1.88. The summed E-state index contributed by atoms with van der Waals surface area (Å²) in [6.45, 7) is 9.94. The van der Waals surface area contributed by atoms with Gasteiger partial charge in [0.25, 0.3) is 5.91 Å². The predicted molar refractivity (Wildman–Crippen MR) is 129 cm³/mol. The van der Waals surface area contributed by atoms with Gasteiger partial charge in [-0.05, 0) is 99.8 Å². The first kappa shape index (κ1) is 23.6. The van der Waals surface area contributed by atoms with Crippen molar-refractivity contribution < 1.29 is 14.3 Å². The van der Waals surface area contributed by atoms with E-state index in [1.165, 1.54) is 0 Å². The standard InChI is InChI=1S/C27H27N3O3/c1-6-33-27(32)21-8-11-25(12-9-21)30-19(4)14-22(20(30)5)15-23(16-28)26(31)29-24-10-7-17(2)18(3)13-24/h7-15H,6H2,1-5H3,(H,29,31)/b23-15-. The largest absolute Gasteiger partial charge is 0.462 e. The second-order valence-electron chi connectivity index (χ2n) is 7.85. The molecule has 1 aromatic heterocycles. The molecule has 0 saturated heterocycles. The summed E-state index contributed by atoms with van der Waals surface area (Å²) in [5.74, 6) is -0.814. The lowest BCUT2D eigenvalue weighted by Crippen LogP contribution is -2.13. The van der Waals surface area contributed by atoms with Crippen molar-refractivity contribution in [3.63, 3.8) is 0 Å². The topological polar surface area (TPSA) is 84.1 Å². The first-order valence-corrected chi connectivity index (χ1v) is 10.7. The zero-order valence-electron chi connectivity index (χ0n) is 19.5. The summed E-state index contributed by atoms with van der Waals surface area (Å²) in [6, 6.07) is 16.7. The Bertz CT molecular complexity index is 1280. The van der Waals surface area contributed by atoms with Crippen molar-refractivity contribution in [3.05, 3.63) is 87.7 Å². The van der Waals surface area contributed by atoms with Gasteiger partial charge in [-0.15, -0.1) is 0 Å². The third-order valence-corrected chi connectivity index (χ3v) is 5.54. The predicted octanol–water partition coefficient (Wildman–Crippen LogP) is 5.43. The minimum atomic E-state index is -0.454. The van der Waals surface area contributed by atoms with Gasteiger partial charge in [0.1, 0.15) is 11.6 Å². The number of carbonyl (C=O) groups excluding carboxylic acids is 2. The molecule has 168 valence electrons. The minimum Gasteiger partial charge on any atom is -0.462 e. The van der Waals surface area contributed by atoms with Crippen LogP contribution in [0.2, 0.25) is 0 Å². The van der Waals surface area contributed by atoms with Crippen LogP contribution in [-0.2, 0) is 9.53 Å². The van der Waals surface area contributed by atoms with Crippen LogP contribution in [-0.4, -0.2) is 23.1 Å². The van der Waals surface area contributed by atoms with Crippen molar-refractivity contribution in [2.45, 2.75) is 34.6 Å². The van der Waals surface area contributed by atoms with Gasteiger partial charge in [-0.2, -0.15) is 5.26 Å². The summed E-state index contributed by atoms with van der Waals surface area (Å²) in [5.41, 5.74) is 6.81. The van der Waals surface area contributed by atoms with E-state index in [4.69, 9.17) is 4.74 Å². The maximum atomic E-state index is 12.7. The maximum absolute atomic E-state index is 12.7.